The van der Waals surface area contributed by atoms with Crippen molar-refractivity contribution in [2.45, 2.75) is 52.3 Å². The van der Waals surface area contributed by atoms with Gasteiger partial charge in [-0.1, -0.05) is 32.9 Å². The Labute approximate surface area is 173 Å². The van der Waals surface area contributed by atoms with Crippen molar-refractivity contribution in [1.29, 1.82) is 0 Å². The molecule has 0 aliphatic heterocycles. The summed E-state index contributed by atoms with van der Waals surface area (Å²) in [6.07, 6.45) is -5.74. The average Bonchev–Trinajstić information content (AvgIpc) is 2.61. The lowest BCUT2D eigenvalue weighted by Gasteiger charge is -2.20. The number of amides is 2. The molecule has 0 radical (unpaired) electrons. The molecule has 0 saturated carbocycles. The van der Waals surface area contributed by atoms with Gasteiger partial charge in [0.15, 0.2) is 6.10 Å². The number of carbonyl (C=O) groups excluding carboxylic acids is 2. The van der Waals surface area contributed by atoms with Crippen LogP contribution >= 0.6 is 0 Å². The van der Waals surface area contributed by atoms with Gasteiger partial charge in [0.25, 0.3) is 5.91 Å². The van der Waals surface area contributed by atoms with Crippen LogP contribution in [0.25, 0.3) is 0 Å². The first kappa shape index (κ1) is 23.3. The molecular formula is C22H25F3N2O3. The number of anilines is 2. The number of ether oxygens (including phenoxy) is 1. The predicted molar refractivity (Wildman–Crippen MR) is 110 cm³/mol. The van der Waals surface area contributed by atoms with Gasteiger partial charge < -0.3 is 15.4 Å². The number of halogens is 3. The molecule has 2 aromatic rings. The number of benzene rings is 2. The highest BCUT2D eigenvalue weighted by molar-refractivity contribution is 5.95. The molecule has 0 bridgehead atoms. The fraction of sp³-hybridized carbons (Fsp3) is 0.364. The van der Waals surface area contributed by atoms with Crippen molar-refractivity contribution in [1.82, 2.24) is 0 Å². The second-order valence-corrected chi connectivity index (χ2v) is 7.96. The third-order valence-electron chi connectivity index (χ3n) is 4.31. The molecule has 1 atom stereocenters. The summed E-state index contributed by atoms with van der Waals surface area (Å²) < 4.78 is 45.8. The molecule has 162 valence electrons. The van der Waals surface area contributed by atoms with Crippen molar-refractivity contribution < 1.29 is 27.5 Å². The summed E-state index contributed by atoms with van der Waals surface area (Å²) >= 11 is 0. The van der Waals surface area contributed by atoms with Crippen LogP contribution in [0.1, 0.15) is 45.7 Å². The number of alkyl halides is 3. The second kappa shape index (κ2) is 8.77. The molecule has 2 rings (SSSR count). The molecule has 5 nitrogen and oxygen atoms in total. The predicted octanol–water partition coefficient (Wildman–Crippen LogP) is 5.37. The number of carbonyl (C=O) groups is 2. The molecule has 2 amide bonds. The van der Waals surface area contributed by atoms with Crippen LogP contribution in [-0.4, -0.2) is 17.9 Å². The minimum atomic E-state index is -4.72. The van der Waals surface area contributed by atoms with Gasteiger partial charge in [0.1, 0.15) is 5.75 Å². The molecule has 0 aliphatic carbocycles. The van der Waals surface area contributed by atoms with E-state index in [4.69, 9.17) is 4.74 Å². The lowest BCUT2D eigenvalue weighted by molar-refractivity contribution is -0.137. The van der Waals surface area contributed by atoms with Gasteiger partial charge in [-0.05, 0) is 48.2 Å². The normalized spacial score (nSPS) is 12.8. The van der Waals surface area contributed by atoms with Crippen molar-refractivity contribution in [3.8, 4) is 5.75 Å². The fourth-order valence-corrected chi connectivity index (χ4v) is 2.69. The van der Waals surface area contributed by atoms with Crippen LogP contribution < -0.4 is 15.4 Å². The van der Waals surface area contributed by atoms with Gasteiger partial charge in [0, 0.05) is 12.6 Å². The Hall–Kier alpha value is -3.03. The first-order valence-electron chi connectivity index (χ1n) is 9.34. The van der Waals surface area contributed by atoms with Gasteiger partial charge in [-0.3, -0.25) is 9.59 Å². The van der Waals surface area contributed by atoms with Crippen LogP contribution in [0.15, 0.2) is 42.5 Å². The van der Waals surface area contributed by atoms with Gasteiger partial charge in [-0.25, -0.2) is 0 Å². The smallest absolute Gasteiger partial charge is 0.418 e. The minimum absolute atomic E-state index is 0.0175. The molecular weight excluding hydrogens is 397 g/mol. The first-order valence-corrected chi connectivity index (χ1v) is 9.34. The number of rotatable bonds is 5. The van der Waals surface area contributed by atoms with E-state index in [1.165, 1.54) is 19.9 Å². The van der Waals surface area contributed by atoms with E-state index in [0.29, 0.717) is 5.75 Å². The molecule has 0 aliphatic rings. The summed E-state index contributed by atoms with van der Waals surface area (Å²) in [6.45, 7) is 8.83. The molecule has 0 saturated heterocycles. The first-order chi connectivity index (χ1) is 13.8. The zero-order chi connectivity index (χ0) is 22.7. The SMILES string of the molecule is CC(=O)Nc1ccc(NC(=O)C(C)Oc2ccc(C(C)(C)C)cc2)c(C(F)(F)F)c1. The maximum Gasteiger partial charge on any atom is 0.418 e. The zero-order valence-corrected chi connectivity index (χ0v) is 17.5. The Morgan fingerprint density at radius 1 is 0.967 bits per heavy atom. The largest absolute Gasteiger partial charge is 0.481 e. The van der Waals surface area contributed by atoms with E-state index in [-0.39, 0.29) is 11.1 Å². The number of hydrogen-bond acceptors (Lipinski definition) is 3. The summed E-state index contributed by atoms with van der Waals surface area (Å²) in [4.78, 5) is 23.5. The van der Waals surface area contributed by atoms with E-state index in [1.54, 1.807) is 12.1 Å². The van der Waals surface area contributed by atoms with Crippen molar-refractivity contribution in [3.63, 3.8) is 0 Å². The lowest BCUT2D eigenvalue weighted by atomic mass is 9.87. The molecule has 8 heteroatoms. The quantitative estimate of drug-likeness (QED) is 0.681. The fourth-order valence-electron chi connectivity index (χ4n) is 2.69. The standard InChI is InChI=1S/C22H25F3N2O3/c1-13(30-17-9-6-15(7-10-17)21(3,4)5)20(29)27-19-11-8-16(26-14(2)28)12-18(19)22(23,24)25/h6-13H,1-5H3,(H,26,28)(H,27,29). The molecule has 0 heterocycles. The van der Waals surface area contributed by atoms with Crippen molar-refractivity contribution >= 4 is 23.2 Å². The Morgan fingerprint density at radius 2 is 1.57 bits per heavy atom. The van der Waals surface area contributed by atoms with Crippen LogP contribution in [0.4, 0.5) is 24.5 Å². The van der Waals surface area contributed by atoms with Crippen molar-refractivity contribution in [2.75, 3.05) is 10.6 Å². The lowest BCUT2D eigenvalue weighted by Crippen LogP contribution is -2.31. The Morgan fingerprint density at radius 3 is 2.07 bits per heavy atom. The molecule has 0 aromatic heterocycles. The number of hydrogen-bond donors (Lipinski definition) is 2. The molecule has 2 aromatic carbocycles. The Bertz CT molecular complexity index is 917. The van der Waals surface area contributed by atoms with E-state index in [9.17, 15) is 22.8 Å². The molecule has 1 unspecified atom stereocenters. The van der Waals surface area contributed by atoms with Crippen LogP contribution in [0.5, 0.6) is 5.75 Å². The zero-order valence-electron chi connectivity index (χ0n) is 17.5. The van der Waals surface area contributed by atoms with Gasteiger partial charge in [-0.15, -0.1) is 0 Å². The molecule has 30 heavy (non-hydrogen) atoms. The highest BCUT2D eigenvalue weighted by atomic mass is 19.4. The van der Waals surface area contributed by atoms with Gasteiger partial charge in [-0.2, -0.15) is 13.2 Å². The molecule has 2 N–H and O–H groups in total. The van der Waals surface area contributed by atoms with Crippen molar-refractivity contribution in [2.24, 2.45) is 0 Å². The average molecular weight is 422 g/mol. The van der Waals surface area contributed by atoms with E-state index in [2.05, 4.69) is 31.4 Å². The number of nitrogens with one attached hydrogen (secondary N) is 2. The van der Waals surface area contributed by atoms with Crippen LogP contribution in [-0.2, 0) is 21.2 Å². The third kappa shape index (κ3) is 6.23. The maximum absolute atomic E-state index is 13.4. The summed E-state index contributed by atoms with van der Waals surface area (Å²) in [5.74, 6) is -0.796. The summed E-state index contributed by atoms with van der Waals surface area (Å²) in [5, 5.41) is 4.55. The monoisotopic (exact) mass is 422 g/mol. The summed E-state index contributed by atoms with van der Waals surface area (Å²) in [6, 6.07) is 10.3. The van der Waals surface area contributed by atoms with E-state index in [0.717, 1.165) is 17.7 Å². The minimum Gasteiger partial charge on any atom is -0.481 e. The highest BCUT2D eigenvalue weighted by Crippen LogP contribution is 2.36. The van der Waals surface area contributed by atoms with Crippen LogP contribution in [0.3, 0.4) is 0 Å². The Kier molecular flexibility index (Phi) is 6.80. The van der Waals surface area contributed by atoms with Crippen LogP contribution in [0.2, 0.25) is 0 Å². The summed E-state index contributed by atoms with van der Waals surface area (Å²) in [7, 11) is 0. The highest BCUT2D eigenvalue weighted by Gasteiger charge is 2.35. The molecule has 0 fully saturated rings. The topological polar surface area (TPSA) is 67.4 Å². The maximum atomic E-state index is 13.4. The van der Waals surface area contributed by atoms with Gasteiger partial charge >= 0.3 is 6.18 Å². The second-order valence-electron chi connectivity index (χ2n) is 7.96. The van der Waals surface area contributed by atoms with E-state index >= 15 is 0 Å². The van der Waals surface area contributed by atoms with Crippen LogP contribution in [0, 0.1) is 0 Å². The Balaban J connectivity index is 2.15. The summed E-state index contributed by atoms with van der Waals surface area (Å²) in [5.41, 5.74) is -0.458. The van der Waals surface area contributed by atoms with Gasteiger partial charge in [0.2, 0.25) is 5.91 Å². The van der Waals surface area contributed by atoms with Crippen molar-refractivity contribution in [3.05, 3.63) is 53.6 Å². The van der Waals surface area contributed by atoms with E-state index < -0.39 is 35.3 Å². The van der Waals surface area contributed by atoms with E-state index in [1.807, 2.05) is 12.1 Å². The third-order valence-corrected chi connectivity index (χ3v) is 4.31. The van der Waals surface area contributed by atoms with Gasteiger partial charge in [0.05, 0.1) is 11.3 Å². The molecule has 0 spiro atoms.